The lowest BCUT2D eigenvalue weighted by molar-refractivity contribution is 0.0940. The largest absolute Gasteiger partial charge is 0.350 e. The van der Waals surface area contributed by atoms with Gasteiger partial charge in [-0.3, -0.25) is 14.4 Å². The van der Waals surface area contributed by atoms with Gasteiger partial charge in [0.25, 0.3) is 11.5 Å². The van der Waals surface area contributed by atoms with E-state index in [0.29, 0.717) is 30.6 Å². The monoisotopic (exact) mass is 359 g/mol. The molecule has 0 bridgehead atoms. The molecule has 3 rings (SSSR count). The first-order valence-corrected chi connectivity index (χ1v) is 9.17. The lowest BCUT2D eigenvalue weighted by Crippen LogP contribution is -2.37. The number of amides is 1. The molecule has 1 amide bonds. The third-order valence-corrected chi connectivity index (χ3v) is 5.21. The average molecular weight is 359 g/mol. The van der Waals surface area contributed by atoms with Crippen LogP contribution in [0, 0.1) is 0 Å². The number of hydrogen-bond donors (Lipinski definition) is 2. The van der Waals surface area contributed by atoms with Crippen molar-refractivity contribution in [2.75, 3.05) is 20.6 Å². The van der Waals surface area contributed by atoms with Crippen LogP contribution in [0.4, 0.5) is 0 Å². The van der Waals surface area contributed by atoms with Crippen LogP contribution in [-0.2, 0) is 6.42 Å². The third-order valence-electron chi connectivity index (χ3n) is 4.51. The summed E-state index contributed by atoms with van der Waals surface area (Å²) in [6, 6.07) is 3.49. The fourth-order valence-corrected chi connectivity index (χ4v) is 3.80. The molecule has 7 heteroatoms. The number of thiophene rings is 1. The van der Waals surface area contributed by atoms with Gasteiger partial charge in [0.2, 0.25) is 0 Å². The first kappa shape index (κ1) is 17.6. The number of carbonyl (C=O) groups excluding carboxylic acids is 2. The highest BCUT2D eigenvalue weighted by Crippen LogP contribution is 2.21. The number of aryl methyl sites for hydroxylation is 1. The van der Waals surface area contributed by atoms with Gasteiger partial charge in [-0.25, -0.2) is 0 Å². The number of Topliss-reactive ketones (excluding diaryl/α,β-unsaturated/α-hetero) is 1. The summed E-state index contributed by atoms with van der Waals surface area (Å²) in [5.41, 5.74) is 1.78. The van der Waals surface area contributed by atoms with Gasteiger partial charge in [0.15, 0.2) is 5.78 Å². The quantitative estimate of drug-likeness (QED) is 0.855. The van der Waals surface area contributed by atoms with Gasteiger partial charge in [-0.2, -0.15) is 11.3 Å². The van der Waals surface area contributed by atoms with Gasteiger partial charge < -0.3 is 15.2 Å². The van der Waals surface area contributed by atoms with E-state index in [0.717, 1.165) is 12.0 Å². The van der Waals surface area contributed by atoms with E-state index in [1.807, 2.05) is 35.8 Å². The van der Waals surface area contributed by atoms with Gasteiger partial charge in [0, 0.05) is 24.2 Å². The van der Waals surface area contributed by atoms with Crippen LogP contribution in [0.15, 0.2) is 27.7 Å². The van der Waals surface area contributed by atoms with Crippen LogP contribution in [0.2, 0.25) is 0 Å². The molecule has 0 spiro atoms. The summed E-state index contributed by atoms with van der Waals surface area (Å²) in [7, 11) is 3.89. The molecule has 2 N–H and O–H groups in total. The minimum Gasteiger partial charge on any atom is -0.350 e. The molecule has 0 aliphatic heterocycles. The predicted octanol–water partition coefficient (Wildman–Crippen LogP) is 1.99. The van der Waals surface area contributed by atoms with E-state index in [4.69, 9.17) is 0 Å². The number of aromatic nitrogens is 1. The number of aromatic amines is 1. The van der Waals surface area contributed by atoms with Gasteiger partial charge >= 0.3 is 0 Å². The van der Waals surface area contributed by atoms with E-state index >= 15 is 0 Å². The zero-order chi connectivity index (χ0) is 18.0. The van der Waals surface area contributed by atoms with Gasteiger partial charge in [-0.15, -0.1) is 0 Å². The molecule has 0 radical (unpaired) electrons. The van der Waals surface area contributed by atoms with Crippen LogP contribution in [0.3, 0.4) is 0 Å². The second-order valence-corrected chi connectivity index (χ2v) is 7.21. The van der Waals surface area contributed by atoms with Crippen LogP contribution >= 0.6 is 11.3 Å². The Morgan fingerprint density at radius 1 is 1.36 bits per heavy atom. The van der Waals surface area contributed by atoms with E-state index in [9.17, 15) is 14.4 Å². The van der Waals surface area contributed by atoms with Crippen molar-refractivity contribution >= 4 is 23.0 Å². The van der Waals surface area contributed by atoms with Crippen molar-refractivity contribution < 1.29 is 9.59 Å². The van der Waals surface area contributed by atoms with Crippen LogP contribution in [-0.4, -0.2) is 42.2 Å². The number of nitrogens with zero attached hydrogens (tertiary/aromatic N) is 1. The Labute approximate surface area is 149 Å². The second-order valence-electron chi connectivity index (χ2n) is 6.43. The average Bonchev–Trinajstić information content (AvgIpc) is 3.08. The molecule has 1 unspecified atom stereocenters. The van der Waals surface area contributed by atoms with Crippen molar-refractivity contribution in [1.29, 1.82) is 0 Å². The Hall–Kier alpha value is -2.25. The fourth-order valence-electron chi connectivity index (χ4n) is 3.09. The number of carbonyl (C=O) groups is 2. The Morgan fingerprint density at radius 3 is 2.84 bits per heavy atom. The van der Waals surface area contributed by atoms with Crippen molar-refractivity contribution in [3.05, 3.63) is 55.6 Å². The number of nitrogens with one attached hydrogen (secondary N) is 2. The summed E-state index contributed by atoms with van der Waals surface area (Å²) in [6.07, 6.45) is 1.86. The third kappa shape index (κ3) is 3.72. The molecule has 0 aromatic carbocycles. The SMILES string of the molecule is CN(C)C(CNC(=O)c1cc2c([nH]c1=O)CCCC2=O)c1ccsc1. The van der Waals surface area contributed by atoms with Crippen molar-refractivity contribution in [3.8, 4) is 0 Å². The van der Waals surface area contributed by atoms with E-state index in [-0.39, 0.29) is 17.4 Å². The minimum absolute atomic E-state index is 0.00294. The molecule has 1 aliphatic rings. The Kier molecular flexibility index (Phi) is 5.15. The molecule has 2 aromatic heterocycles. The number of ketones is 1. The standard InChI is InChI=1S/C18H21N3O3S/c1-21(2)15(11-6-7-25-10-11)9-19-17(23)13-8-12-14(20-18(13)24)4-3-5-16(12)22/h6-8,10,15H,3-5,9H2,1-2H3,(H,19,23)(H,20,24). The Bertz CT molecular complexity index is 840. The fraction of sp³-hybridized carbons (Fsp3) is 0.389. The number of rotatable bonds is 5. The molecule has 2 heterocycles. The van der Waals surface area contributed by atoms with E-state index < -0.39 is 11.5 Å². The molecular formula is C18H21N3O3S. The van der Waals surface area contributed by atoms with E-state index in [1.54, 1.807) is 11.3 Å². The van der Waals surface area contributed by atoms with Crippen molar-refractivity contribution in [3.63, 3.8) is 0 Å². The predicted molar refractivity (Wildman–Crippen MR) is 97.4 cm³/mol. The molecule has 6 nitrogen and oxygen atoms in total. The Balaban J connectivity index is 1.78. The lowest BCUT2D eigenvalue weighted by atomic mass is 9.93. The van der Waals surface area contributed by atoms with Crippen LogP contribution in [0.5, 0.6) is 0 Å². The highest BCUT2D eigenvalue weighted by molar-refractivity contribution is 7.07. The summed E-state index contributed by atoms with van der Waals surface area (Å²) >= 11 is 1.60. The van der Waals surface area contributed by atoms with Crippen molar-refractivity contribution in [1.82, 2.24) is 15.2 Å². The normalized spacial score (nSPS) is 15.1. The minimum atomic E-state index is -0.454. The first-order valence-electron chi connectivity index (χ1n) is 8.23. The summed E-state index contributed by atoms with van der Waals surface area (Å²) in [5.74, 6) is -0.472. The zero-order valence-electron chi connectivity index (χ0n) is 14.3. The smallest absolute Gasteiger partial charge is 0.261 e. The van der Waals surface area contributed by atoms with Crippen molar-refractivity contribution in [2.24, 2.45) is 0 Å². The molecule has 2 aromatic rings. The first-order chi connectivity index (χ1) is 12.0. The van der Waals surface area contributed by atoms with Gasteiger partial charge in [0.05, 0.1) is 6.04 Å². The van der Waals surface area contributed by atoms with Crippen LogP contribution in [0.25, 0.3) is 0 Å². The topological polar surface area (TPSA) is 82.3 Å². The number of H-pyrrole nitrogens is 1. The van der Waals surface area contributed by atoms with Crippen LogP contribution < -0.4 is 10.9 Å². The molecule has 1 atom stereocenters. The van der Waals surface area contributed by atoms with E-state index in [1.165, 1.54) is 6.07 Å². The number of fused-ring (bicyclic) bond motifs is 1. The van der Waals surface area contributed by atoms with Crippen molar-refractivity contribution in [2.45, 2.75) is 25.3 Å². The molecule has 1 aliphatic carbocycles. The van der Waals surface area contributed by atoms with Gasteiger partial charge in [0.1, 0.15) is 5.56 Å². The molecule has 0 saturated heterocycles. The van der Waals surface area contributed by atoms with Gasteiger partial charge in [-0.05, 0) is 55.4 Å². The number of hydrogen-bond acceptors (Lipinski definition) is 5. The molecule has 25 heavy (non-hydrogen) atoms. The highest BCUT2D eigenvalue weighted by Gasteiger charge is 2.23. The zero-order valence-corrected chi connectivity index (χ0v) is 15.1. The number of likely N-dealkylation sites (N-methyl/N-ethyl adjacent to an activating group) is 1. The second kappa shape index (κ2) is 7.33. The molecular weight excluding hydrogens is 338 g/mol. The molecule has 132 valence electrons. The van der Waals surface area contributed by atoms with Gasteiger partial charge in [-0.1, -0.05) is 0 Å². The highest BCUT2D eigenvalue weighted by atomic mass is 32.1. The maximum Gasteiger partial charge on any atom is 0.261 e. The summed E-state index contributed by atoms with van der Waals surface area (Å²) in [5, 5.41) is 6.86. The maximum atomic E-state index is 12.5. The summed E-state index contributed by atoms with van der Waals surface area (Å²) in [4.78, 5) is 41.4. The summed E-state index contributed by atoms with van der Waals surface area (Å²) in [6.45, 7) is 0.382. The summed E-state index contributed by atoms with van der Waals surface area (Å²) < 4.78 is 0. The maximum absolute atomic E-state index is 12.5. The Morgan fingerprint density at radius 2 is 2.16 bits per heavy atom. The molecule has 0 saturated carbocycles. The number of pyridine rings is 1. The lowest BCUT2D eigenvalue weighted by Gasteiger charge is -2.24. The van der Waals surface area contributed by atoms with Crippen LogP contribution in [0.1, 0.15) is 50.9 Å². The van der Waals surface area contributed by atoms with E-state index in [2.05, 4.69) is 10.3 Å². The molecule has 0 fully saturated rings.